The van der Waals surface area contributed by atoms with Gasteiger partial charge in [0.25, 0.3) is 11.8 Å². The van der Waals surface area contributed by atoms with Gasteiger partial charge in [-0.05, 0) is 43.3 Å². The van der Waals surface area contributed by atoms with Crippen LogP contribution in [0, 0.1) is 6.92 Å². The maximum Gasteiger partial charge on any atom is 0.573 e. The first-order chi connectivity index (χ1) is 17.9. The van der Waals surface area contributed by atoms with Crippen molar-refractivity contribution < 1.29 is 37.4 Å². The van der Waals surface area contributed by atoms with Crippen LogP contribution in [0.4, 0.5) is 13.2 Å². The van der Waals surface area contributed by atoms with Crippen LogP contribution in [0.3, 0.4) is 0 Å². The van der Waals surface area contributed by atoms with E-state index in [1.54, 1.807) is 12.1 Å². The molecule has 4 rings (SSSR count). The van der Waals surface area contributed by atoms with Crippen molar-refractivity contribution in [1.82, 2.24) is 14.8 Å². The third kappa shape index (κ3) is 8.28. The molecule has 202 valence electrons. The SMILES string of the molecule is Cc1cccc(C(=O)N2CCN(Cc3ccc(C(=O)O)s3)CC2)n1.NC(=O)c1ccccc1OC(F)(F)F. The summed E-state index contributed by atoms with van der Waals surface area (Å²) in [5.74, 6) is -2.47. The van der Waals surface area contributed by atoms with Crippen LogP contribution in [0.25, 0.3) is 0 Å². The zero-order chi connectivity index (χ0) is 27.9. The second-order valence-corrected chi connectivity index (χ2v) is 9.38. The predicted molar refractivity (Wildman–Crippen MR) is 133 cm³/mol. The molecule has 0 bridgehead atoms. The molecule has 0 atom stereocenters. The summed E-state index contributed by atoms with van der Waals surface area (Å²) >= 11 is 1.31. The molecule has 13 heteroatoms. The number of rotatable bonds is 6. The van der Waals surface area contributed by atoms with Crippen LogP contribution in [0.1, 0.15) is 41.1 Å². The average molecular weight is 551 g/mol. The number of carbonyl (C=O) groups excluding carboxylic acids is 2. The Morgan fingerprint density at radius 1 is 1.03 bits per heavy atom. The summed E-state index contributed by atoms with van der Waals surface area (Å²) in [5.41, 5.74) is 5.88. The van der Waals surface area contributed by atoms with Gasteiger partial charge in [0.2, 0.25) is 0 Å². The highest BCUT2D eigenvalue weighted by Crippen LogP contribution is 2.25. The third-order valence-electron chi connectivity index (χ3n) is 5.40. The number of nitrogens with two attached hydrogens (primary N) is 1. The molecule has 1 aliphatic rings. The quantitative estimate of drug-likeness (QED) is 0.478. The summed E-state index contributed by atoms with van der Waals surface area (Å²) in [6.45, 7) is 5.47. The van der Waals surface area contributed by atoms with Gasteiger partial charge in [-0.15, -0.1) is 24.5 Å². The van der Waals surface area contributed by atoms with Crippen LogP contribution in [0.15, 0.2) is 54.6 Å². The van der Waals surface area contributed by atoms with Gasteiger partial charge in [0.1, 0.15) is 16.3 Å². The van der Waals surface area contributed by atoms with Gasteiger partial charge < -0.3 is 20.5 Å². The first kappa shape index (κ1) is 28.6. The fraction of sp³-hybridized carbons (Fsp3) is 0.280. The molecule has 0 aliphatic carbocycles. The Labute approximate surface area is 220 Å². The zero-order valence-electron chi connectivity index (χ0n) is 20.3. The molecule has 38 heavy (non-hydrogen) atoms. The van der Waals surface area contributed by atoms with Crippen LogP contribution >= 0.6 is 11.3 Å². The number of aromatic carboxylic acids is 1. The molecule has 2 aromatic heterocycles. The number of aromatic nitrogens is 1. The lowest BCUT2D eigenvalue weighted by atomic mass is 10.2. The van der Waals surface area contributed by atoms with Crippen molar-refractivity contribution in [3.05, 3.63) is 81.3 Å². The van der Waals surface area contributed by atoms with E-state index in [4.69, 9.17) is 10.8 Å². The van der Waals surface area contributed by atoms with Crippen LogP contribution in [-0.2, 0) is 6.54 Å². The lowest BCUT2D eigenvalue weighted by molar-refractivity contribution is -0.274. The highest BCUT2D eigenvalue weighted by atomic mass is 32.1. The van der Waals surface area contributed by atoms with Crippen LogP contribution in [0.2, 0.25) is 0 Å². The van der Waals surface area contributed by atoms with Gasteiger partial charge in [0.15, 0.2) is 0 Å². The average Bonchev–Trinajstić information content (AvgIpc) is 3.33. The Hall–Kier alpha value is -3.97. The standard InChI is InChI=1S/C17H19N3O3S.C8H6F3NO2/c1-12-3-2-4-14(18-12)16(21)20-9-7-19(8-10-20)11-13-5-6-15(24-13)17(22)23;9-8(10,11)14-6-4-2-1-3-5(6)7(12)13/h2-6H,7-11H2,1H3,(H,22,23);1-4H,(H2,12,13). The molecule has 1 saturated heterocycles. The number of ether oxygens (including phenoxy) is 1. The molecule has 0 unspecified atom stereocenters. The van der Waals surface area contributed by atoms with Crippen molar-refractivity contribution in [3.63, 3.8) is 0 Å². The predicted octanol–water partition coefficient (Wildman–Crippen LogP) is 3.79. The smallest absolute Gasteiger partial charge is 0.477 e. The largest absolute Gasteiger partial charge is 0.573 e. The molecule has 0 radical (unpaired) electrons. The number of aryl methyl sites for hydroxylation is 1. The number of carbonyl (C=O) groups is 3. The zero-order valence-corrected chi connectivity index (χ0v) is 21.1. The summed E-state index contributed by atoms with van der Waals surface area (Å²) in [6.07, 6.45) is -4.83. The number of amides is 2. The maximum absolute atomic E-state index is 12.5. The number of piperazine rings is 1. The van der Waals surface area contributed by atoms with E-state index in [2.05, 4.69) is 14.6 Å². The number of thiophene rings is 1. The number of halogens is 3. The van der Waals surface area contributed by atoms with E-state index in [0.29, 0.717) is 23.7 Å². The topological polar surface area (TPSA) is 126 Å². The highest BCUT2D eigenvalue weighted by molar-refractivity contribution is 7.13. The monoisotopic (exact) mass is 550 g/mol. The first-order valence-corrected chi connectivity index (χ1v) is 12.2. The Kier molecular flexibility index (Phi) is 9.42. The second-order valence-electron chi connectivity index (χ2n) is 8.21. The normalized spacial score (nSPS) is 13.8. The molecular formula is C25H25F3N4O5S. The molecule has 2 amide bonds. The Morgan fingerprint density at radius 3 is 2.29 bits per heavy atom. The molecule has 3 aromatic rings. The Bertz CT molecular complexity index is 1290. The number of benzene rings is 1. The van der Waals surface area contributed by atoms with E-state index in [1.165, 1.54) is 23.5 Å². The number of alkyl halides is 3. The first-order valence-electron chi connectivity index (χ1n) is 11.3. The number of primary amides is 1. The lowest BCUT2D eigenvalue weighted by Gasteiger charge is -2.34. The molecule has 1 fully saturated rings. The summed E-state index contributed by atoms with van der Waals surface area (Å²) in [6, 6.07) is 13.9. The number of hydrogen-bond acceptors (Lipinski definition) is 7. The van der Waals surface area contributed by atoms with Crippen molar-refractivity contribution in [2.75, 3.05) is 26.2 Å². The minimum absolute atomic E-state index is 0.0253. The Morgan fingerprint density at radius 2 is 1.71 bits per heavy atom. The molecule has 1 aliphatic heterocycles. The van der Waals surface area contributed by atoms with Gasteiger partial charge >= 0.3 is 12.3 Å². The van der Waals surface area contributed by atoms with E-state index in [9.17, 15) is 27.6 Å². The fourth-order valence-corrected chi connectivity index (χ4v) is 4.50. The van der Waals surface area contributed by atoms with Crippen LogP contribution in [-0.4, -0.2) is 70.2 Å². The molecule has 0 spiro atoms. The van der Waals surface area contributed by atoms with Crippen molar-refractivity contribution in [3.8, 4) is 5.75 Å². The summed E-state index contributed by atoms with van der Waals surface area (Å²) in [5, 5.41) is 8.97. The summed E-state index contributed by atoms with van der Waals surface area (Å²) in [4.78, 5) is 43.9. The molecule has 1 aromatic carbocycles. The molecular weight excluding hydrogens is 525 g/mol. The number of nitrogens with zero attached hydrogens (tertiary/aromatic N) is 3. The van der Waals surface area contributed by atoms with Gasteiger partial charge in [-0.25, -0.2) is 9.78 Å². The maximum atomic E-state index is 12.5. The van der Waals surface area contributed by atoms with Crippen LogP contribution in [0.5, 0.6) is 5.75 Å². The van der Waals surface area contributed by atoms with E-state index in [1.807, 2.05) is 30.0 Å². The molecule has 0 saturated carbocycles. The van der Waals surface area contributed by atoms with Crippen molar-refractivity contribution in [2.45, 2.75) is 19.8 Å². The minimum Gasteiger partial charge on any atom is -0.477 e. The number of pyridine rings is 1. The number of hydrogen-bond donors (Lipinski definition) is 2. The van der Waals surface area contributed by atoms with Crippen LogP contribution < -0.4 is 10.5 Å². The summed E-state index contributed by atoms with van der Waals surface area (Å²) in [7, 11) is 0. The van der Waals surface area contributed by atoms with Gasteiger partial charge in [-0.1, -0.05) is 18.2 Å². The van der Waals surface area contributed by atoms with Gasteiger partial charge in [0.05, 0.1) is 5.56 Å². The van der Waals surface area contributed by atoms with Crippen molar-refractivity contribution in [2.24, 2.45) is 5.73 Å². The lowest BCUT2D eigenvalue weighted by Crippen LogP contribution is -2.48. The number of carboxylic acid groups (broad SMARTS) is 1. The van der Waals surface area contributed by atoms with E-state index in [0.717, 1.165) is 42.3 Å². The Balaban J connectivity index is 0.000000244. The van der Waals surface area contributed by atoms with Crippen molar-refractivity contribution >= 4 is 29.1 Å². The van der Waals surface area contributed by atoms with E-state index >= 15 is 0 Å². The number of carboxylic acids is 1. The summed E-state index contributed by atoms with van der Waals surface area (Å²) < 4.78 is 39.0. The highest BCUT2D eigenvalue weighted by Gasteiger charge is 2.32. The third-order valence-corrected chi connectivity index (χ3v) is 6.46. The van der Waals surface area contributed by atoms with E-state index in [-0.39, 0.29) is 11.5 Å². The fourth-order valence-electron chi connectivity index (χ4n) is 3.62. The van der Waals surface area contributed by atoms with Gasteiger partial charge in [0, 0.05) is 43.3 Å². The van der Waals surface area contributed by atoms with Gasteiger partial charge in [-0.3, -0.25) is 14.5 Å². The minimum atomic E-state index is -4.83. The number of para-hydroxylation sites is 1. The molecule has 3 N–H and O–H groups in total. The molecule has 3 heterocycles. The van der Waals surface area contributed by atoms with Crippen molar-refractivity contribution in [1.29, 1.82) is 0 Å². The van der Waals surface area contributed by atoms with E-state index < -0.39 is 24.0 Å². The van der Waals surface area contributed by atoms with Gasteiger partial charge in [-0.2, -0.15) is 0 Å². The molecule has 9 nitrogen and oxygen atoms in total. The second kappa shape index (κ2) is 12.5.